The Morgan fingerprint density at radius 3 is 2.57 bits per heavy atom. The summed E-state index contributed by atoms with van der Waals surface area (Å²) in [5.74, 6) is -0.296. The Morgan fingerprint density at radius 1 is 1.24 bits per heavy atom. The highest BCUT2D eigenvalue weighted by atomic mass is 35.5. The van der Waals surface area contributed by atoms with Gasteiger partial charge in [-0.3, -0.25) is 10.1 Å². The van der Waals surface area contributed by atoms with Crippen LogP contribution >= 0.6 is 11.6 Å². The van der Waals surface area contributed by atoms with Crippen LogP contribution in [0.4, 0.5) is 10.1 Å². The summed E-state index contributed by atoms with van der Waals surface area (Å²) in [5, 5.41) is 10.9. The van der Waals surface area contributed by atoms with E-state index < -0.39 is 10.7 Å². The van der Waals surface area contributed by atoms with Gasteiger partial charge in [0, 0.05) is 17.2 Å². The average Bonchev–Trinajstić information content (AvgIpc) is 2.46. The number of alkyl halides is 1. The highest BCUT2D eigenvalue weighted by Gasteiger charge is 2.15. The molecule has 21 heavy (non-hydrogen) atoms. The number of halogens is 2. The minimum absolute atomic E-state index is 0.0159. The molecule has 0 heterocycles. The average molecular weight is 310 g/mol. The van der Waals surface area contributed by atoms with Gasteiger partial charge in [0.05, 0.1) is 10.8 Å². The molecule has 0 fully saturated rings. The van der Waals surface area contributed by atoms with Crippen LogP contribution in [-0.2, 0) is 12.5 Å². The Balaban J connectivity index is 2.25. The monoisotopic (exact) mass is 309 g/mol. The van der Waals surface area contributed by atoms with Crippen LogP contribution in [0, 0.1) is 22.9 Å². The van der Waals surface area contributed by atoms with Gasteiger partial charge in [-0.1, -0.05) is 24.3 Å². The highest BCUT2D eigenvalue weighted by Crippen LogP contribution is 2.27. The van der Waals surface area contributed by atoms with Gasteiger partial charge in [-0.2, -0.15) is 0 Å². The van der Waals surface area contributed by atoms with E-state index in [4.69, 9.17) is 16.3 Å². The number of ether oxygens (including phenoxy) is 1. The zero-order chi connectivity index (χ0) is 15.4. The zero-order valence-corrected chi connectivity index (χ0v) is 12.1. The molecule has 0 bridgehead atoms. The standard InChI is InChI=1S/C15H13ClFNO3/c1-10-12(5-3-7-14(10)18(19)20)9-21-15-11(8-16)4-2-6-13(15)17/h2-7H,8-9H2,1H3. The van der Waals surface area contributed by atoms with Gasteiger partial charge in [-0.05, 0) is 18.6 Å². The maximum atomic E-state index is 13.8. The first kappa shape index (κ1) is 15.3. The second kappa shape index (κ2) is 6.54. The molecule has 0 saturated heterocycles. The van der Waals surface area contributed by atoms with Crippen molar-refractivity contribution in [3.8, 4) is 5.75 Å². The molecule has 0 atom stereocenters. The second-order valence-corrected chi connectivity index (χ2v) is 4.74. The summed E-state index contributed by atoms with van der Waals surface area (Å²) >= 11 is 5.75. The predicted molar refractivity (Wildman–Crippen MR) is 78.1 cm³/mol. The van der Waals surface area contributed by atoms with Crippen molar-refractivity contribution in [1.82, 2.24) is 0 Å². The zero-order valence-electron chi connectivity index (χ0n) is 11.3. The van der Waals surface area contributed by atoms with Gasteiger partial charge >= 0.3 is 0 Å². The maximum Gasteiger partial charge on any atom is 0.272 e. The number of hydrogen-bond donors (Lipinski definition) is 0. The number of para-hydroxylation sites is 1. The van der Waals surface area contributed by atoms with Crippen molar-refractivity contribution >= 4 is 17.3 Å². The van der Waals surface area contributed by atoms with Gasteiger partial charge in [-0.25, -0.2) is 4.39 Å². The van der Waals surface area contributed by atoms with Crippen LogP contribution in [0.2, 0.25) is 0 Å². The lowest BCUT2D eigenvalue weighted by molar-refractivity contribution is -0.385. The van der Waals surface area contributed by atoms with Gasteiger partial charge in [0.1, 0.15) is 6.61 Å². The summed E-state index contributed by atoms with van der Waals surface area (Å²) in [7, 11) is 0. The summed E-state index contributed by atoms with van der Waals surface area (Å²) in [6, 6.07) is 9.22. The van der Waals surface area contributed by atoms with Crippen molar-refractivity contribution in [3.63, 3.8) is 0 Å². The number of nitro benzene ring substituents is 1. The van der Waals surface area contributed by atoms with E-state index in [2.05, 4.69) is 0 Å². The molecule has 2 rings (SSSR count). The van der Waals surface area contributed by atoms with Crippen LogP contribution < -0.4 is 4.74 Å². The molecule has 0 aromatic heterocycles. The van der Waals surface area contributed by atoms with Crippen molar-refractivity contribution in [2.45, 2.75) is 19.4 Å². The molecule has 4 nitrogen and oxygen atoms in total. The van der Waals surface area contributed by atoms with E-state index in [9.17, 15) is 14.5 Å². The lowest BCUT2D eigenvalue weighted by Crippen LogP contribution is -2.03. The molecule has 2 aromatic rings. The lowest BCUT2D eigenvalue weighted by Gasteiger charge is -2.12. The molecule has 0 radical (unpaired) electrons. The molecule has 0 amide bonds. The van der Waals surface area contributed by atoms with E-state index in [1.807, 2.05) is 0 Å². The molecule has 110 valence electrons. The van der Waals surface area contributed by atoms with Crippen molar-refractivity contribution in [1.29, 1.82) is 0 Å². The molecule has 0 unspecified atom stereocenters. The molecule has 2 aromatic carbocycles. The summed E-state index contributed by atoms with van der Waals surface area (Å²) in [6.45, 7) is 1.68. The summed E-state index contributed by atoms with van der Waals surface area (Å²) in [4.78, 5) is 10.4. The number of benzene rings is 2. The molecular formula is C15H13ClFNO3. The molecule has 0 aliphatic heterocycles. The summed E-state index contributed by atoms with van der Waals surface area (Å²) < 4.78 is 19.2. The Labute approximate surface area is 126 Å². The van der Waals surface area contributed by atoms with Crippen molar-refractivity contribution in [3.05, 3.63) is 69.0 Å². The predicted octanol–water partition coefficient (Wildman–Crippen LogP) is 4.36. The van der Waals surface area contributed by atoms with Gasteiger partial charge in [0.15, 0.2) is 11.6 Å². The Kier molecular flexibility index (Phi) is 4.75. The van der Waals surface area contributed by atoms with Crippen molar-refractivity contribution in [2.75, 3.05) is 0 Å². The van der Waals surface area contributed by atoms with E-state index >= 15 is 0 Å². The molecule has 0 N–H and O–H groups in total. The van der Waals surface area contributed by atoms with Crippen LogP contribution in [0.1, 0.15) is 16.7 Å². The minimum Gasteiger partial charge on any atom is -0.485 e. The Morgan fingerprint density at radius 2 is 1.90 bits per heavy atom. The molecule has 0 spiro atoms. The number of nitro groups is 1. The second-order valence-electron chi connectivity index (χ2n) is 4.47. The molecule has 6 heteroatoms. The van der Waals surface area contributed by atoms with Gasteiger partial charge in [0.2, 0.25) is 0 Å². The molecule has 0 saturated carbocycles. The molecule has 0 aliphatic rings. The third-order valence-corrected chi connectivity index (χ3v) is 3.47. The van der Waals surface area contributed by atoms with Gasteiger partial charge in [0.25, 0.3) is 5.69 Å². The van der Waals surface area contributed by atoms with Crippen LogP contribution in [0.5, 0.6) is 5.75 Å². The number of nitrogens with zero attached hydrogens (tertiary/aromatic N) is 1. The van der Waals surface area contributed by atoms with Crippen LogP contribution in [0.25, 0.3) is 0 Å². The van der Waals surface area contributed by atoms with Crippen LogP contribution in [0.15, 0.2) is 36.4 Å². The van der Waals surface area contributed by atoms with Crippen molar-refractivity contribution in [2.24, 2.45) is 0 Å². The van der Waals surface area contributed by atoms with E-state index in [0.717, 1.165) is 0 Å². The van der Waals surface area contributed by atoms with Crippen LogP contribution in [-0.4, -0.2) is 4.92 Å². The van der Waals surface area contributed by atoms with Gasteiger partial charge < -0.3 is 4.74 Å². The first-order valence-electron chi connectivity index (χ1n) is 6.23. The third-order valence-electron chi connectivity index (χ3n) is 3.18. The SMILES string of the molecule is Cc1c(COc2c(F)cccc2CCl)cccc1[N+](=O)[O-]. The van der Waals surface area contributed by atoms with Crippen molar-refractivity contribution < 1.29 is 14.1 Å². The highest BCUT2D eigenvalue weighted by molar-refractivity contribution is 6.17. The Bertz CT molecular complexity index is 676. The number of hydrogen-bond acceptors (Lipinski definition) is 3. The summed E-state index contributed by atoms with van der Waals surface area (Å²) in [5.41, 5.74) is 1.70. The topological polar surface area (TPSA) is 52.4 Å². The fraction of sp³-hybridized carbons (Fsp3) is 0.200. The van der Waals surface area contributed by atoms with E-state index in [1.54, 1.807) is 31.2 Å². The van der Waals surface area contributed by atoms with E-state index in [0.29, 0.717) is 16.7 Å². The fourth-order valence-corrected chi connectivity index (χ4v) is 2.20. The normalized spacial score (nSPS) is 10.4. The largest absolute Gasteiger partial charge is 0.485 e. The summed E-state index contributed by atoms with van der Waals surface area (Å²) in [6.07, 6.45) is 0. The van der Waals surface area contributed by atoms with Crippen LogP contribution in [0.3, 0.4) is 0 Å². The Hall–Kier alpha value is -2.14. The lowest BCUT2D eigenvalue weighted by atomic mass is 10.1. The first-order chi connectivity index (χ1) is 10.0. The minimum atomic E-state index is -0.503. The quantitative estimate of drug-likeness (QED) is 0.468. The third kappa shape index (κ3) is 3.31. The smallest absolute Gasteiger partial charge is 0.272 e. The molecule has 0 aliphatic carbocycles. The first-order valence-corrected chi connectivity index (χ1v) is 6.77. The van der Waals surface area contributed by atoms with E-state index in [1.165, 1.54) is 12.1 Å². The van der Waals surface area contributed by atoms with Gasteiger partial charge in [-0.15, -0.1) is 11.6 Å². The van der Waals surface area contributed by atoms with E-state index in [-0.39, 0.29) is 23.9 Å². The number of rotatable bonds is 5. The molecular weight excluding hydrogens is 297 g/mol. The fourth-order valence-electron chi connectivity index (χ4n) is 1.99. The maximum absolute atomic E-state index is 13.8.